The summed E-state index contributed by atoms with van der Waals surface area (Å²) in [6.45, 7) is 2.10. The first-order valence-electron chi connectivity index (χ1n) is 6.37. The molecule has 2 aromatic rings. The first-order chi connectivity index (χ1) is 9.52. The van der Waals surface area contributed by atoms with E-state index in [-0.39, 0.29) is 6.61 Å². The standard InChI is InChI=1S/C16H18ClNOS/c1-11-5-4-6-15(16(11)18(2)3)20-14-8-7-13(17)9-12(14)10-19/h4-9,19H,10H2,1-3H3. The van der Waals surface area contributed by atoms with Crippen molar-refractivity contribution in [2.24, 2.45) is 0 Å². The maximum atomic E-state index is 9.47. The molecule has 0 saturated carbocycles. The summed E-state index contributed by atoms with van der Waals surface area (Å²) >= 11 is 7.63. The number of nitrogens with zero attached hydrogens (tertiary/aromatic N) is 1. The highest BCUT2D eigenvalue weighted by Crippen LogP contribution is 2.38. The highest BCUT2D eigenvalue weighted by Gasteiger charge is 2.11. The molecule has 0 heterocycles. The third kappa shape index (κ3) is 3.29. The van der Waals surface area contributed by atoms with E-state index in [1.54, 1.807) is 11.8 Å². The van der Waals surface area contributed by atoms with Crippen LogP contribution in [0.3, 0.4) is 0 Å². The molecular weight excluding hydrogens is 290 g/mol. The molecule has 0 aliphatic heterocycles. The van der Waals surface area contributed by atoms with E-state index in [4.69, 9.17) is 11.6 Å². The van der Waals surface area contributed by atoms with Gasteiger partial charge in [-0.2, -0.15) is 0 Å². The number of para-hydroxylation sites is 1. The molecule has 106 valence electrons. The van der Waals surface area contributed by atoms with Gasteiger partial charge in [-0.05, 0) is 42.3 Å². The van der Waals surface area contributed by atoms with E-state index in [9.17, 15) is 5.11 Å². The molecule has 2 rings (SSSR count). The minimum absolute atomic E-state index is 0.00793. The van der Waals surface area contributed by atoms with E-state index in [2.05, 4.69) is 30.0 Å². The monoisotopic (exact) mass is 307 g/mol. The molecule has 2 aromatic carbocycles. The quantitative estimate of drug-likeness (QED) is 0.908. The zero-order valence-electron chi connectivity index (χ0n) is 11.9. The lowest BCUT2D eigenvalue weighted by Gasteiger charge is -2.20. The van der Waals surface area contributed by atoms with E-state index in [0.29, 0.717) is 5.02 Å². The van der Waals surface area contributed by atoms with E-state index in [1.807, 2.05) is 32.3 Å². The molecule has 0 fully saturated rings. The molecule has 0 bridgehead atoms. The summed E-state index contributed by atoms with van der Waals surface area (Å²) in [5, 5.41) is 10.1. The molecule has 0 spiro atoms. The Morgan fingerprint density at radius 1 is 1.15 bits per heavy atom. The van der Waals surface area contributed by atoms with Gasteiger partial charge in [0.1, 0.15) is 0 Å². The Morgan fingerprint density at radius 2 is 1.90 bits per heavy atom. The predicted molar refractivity (Wildman–Crippen MR) is 87.0 cm³/mol. The van der Waals surface area contributed by atoms with Crippen molar-refractivity contribution in [3.8, 4) is 0 Å². The molecule has 2 nitrogen and oxygen atoms in total. The molecule has 20 heavy (non-hydrogen) atoms. The molecule has 1 N–H and O–H groups in total. The lowest BCUT2D eigenvalue weighted by Crippen LogP contribution is -2.11. The van der Waals surface area contributed by atoms with Gasteiger partial charge in [0.25, 0.3) is 0 Å². The number of anilines is 1. The lowest BCUT2D eigenvalue weighted by atomic mass is 10.2. The SMILES string of the molecule is Cc1cccc(Sc2ccc(Cl)cc2CO)c1N(C)C. The van der Waals surface area contributed by atoms with Crippen molar-refractivity contribution in [3.05, 3.63) is 52.5 Å². The molecule has 0 atom stereocenters. The van der Waals surface area contributed by atoms with Gasteiger partial charge < -0.3 is 10.0 Å². The second-order valence-electron chi connectivity index (χ2n) is 4.83. The number of hydrogen-bond donors (Lipinski definition) is 1. The second-order valence-corrected chi connectivity index (χ2v) is 6.35. The lowest BCUT2D eigenvalue weighted by molar-refractivity contribution is 0.279. The number of benzene rings is 2. The molecule has 0 aliphatic rings. The van der Waals surface area contributed by atoms with Crippen LogP contribution in [0.5, 0.6) is 0 Å². The third-order valence-electron chi connectivity index (χ3n) is 3.06. The van der Waals surface area contributed by atoms with Gasteiger partial charge in [0.15, 0.2) is 0 Å². The van der Waals surface area contributed by atoms with Crippen molar-refractivity contribution >= 4 is 29.1 Å². The Labute approximate surface area is 129 Å². The first-order valence-corrected chi connectivity index (χ1v) is 7.56. The topological polar surface area (TPSA) is 23.5 Å². The van der Waals surface area contributed by atoms with E-state index < -0.39 is 0 Å². The summed E-state index contributed by atoms with van der Waals surface area (Å²) in [7, 11) is 4.09. The van der Waals surface area contributed by atoms with Crippen molar-refractivity contribution in [1.29, 1.82) is 0 Å². The zero-order chi connectivity index (χ0) is 14.7. The average molecular weight is 308 g/mol. The number of hydrogen-bond acceptors (Lipinski definition) is 3. The minimum atomic E-state index is -0.00793. The van der Waals surface area contributed by atoms with Crippen molar-refractivity contribution in [1.82, 2.24) is 0 Å². The Bertz CT molecular complexity index is 613. The number of rotatable bonds is 4. The maximum absolute atomic E-state index is 9.47. The zero-order valence-corrected chi connectivity index (χ0v) is 13.4. The van der Waals surface area contributed by atoms with E-state index in [1.165, 1.54) is 16.1 Å². The number of aliphatic hydroxyl groups is 1. The summed E-state index contributed by atoms with van der Waals surface area (Å²) in [6, 6.07) is 11.9. The fraction of sp³-hybridized carbons (Fsp3) is 0.250. The van der Waals surface area contributed by atoms with Crippen LogP contribution >= 0.6 is 23.4 Å². The van der Waals surface area contributed by atoms with Crippen LogP contribution in [0.4, 0.5) is 5.69 Å². The maximum Gasteiger partial charge on any atom is 0.0693 e. The van der Waals surface area contributed by atoms with Crippen molar-refractivity contribution in [2.45, 2.75) is 23.3 Å². The van der Waals surface area contributed by atoms with Crippen LogP contribution in [-0.2, 0) is 6.61 Å². The largest absolute Gasteiger partial charge is 0.392 e. The van der Waals surface area contributed by atoms with Crippen LogP contribution in [0, 0.1) is 6.92 Å². The van der Waals surface area contributed by atoms with E-state index >= 15 is 0 Å². The van der Waals surface area contributed by atoms with Gasteiger partial charge >= 0.3 is 0 Å². The van der Waals surface area contributed by atoms with Gasteiger partial charge in [0.2, 0.25) is 0 Å². The summed E-state index contributed by atoms with van der Waals surface area (Å²) < 4.78 is 0. The fourth-order valence-corrected chi connectivity index (χ4v) is 3.59. The molecule has 0 aliphatic carbocycles. The highest BCUT2D eigenvalue weighted by molar-refractivity contribution is 7.99. The van der Waals surface area contributed by atoms with Gasteiger partial charge in [0.05, 0.1) is 12.3 Å². The van der Waals surface area contributed by atoms with E-state index in [0.717, 1.165) is 10.5 Å². The Morgan fingerprint density at radius 3 is 2.55 bits per heavy atom. The van der Waals surface area contributed by atoms with Crippen molar-refractivity contribution < 1.29 is 5.11 Å². The molecule has 0 saturated heterocycles. The molecule has 0 unspecified atom stereocenters. The van der Waals surface area contributed by atoms with Crippen LogP contribution in [0.1, 0.15) is 11.1 Å². The summed E-state index contributed by atoms with van der Waals surface area (Å²) in [4.78, 5) is 4.32. The van der Waals surface area contributed by atoms with Crippen molar-refractivity contribution in [2.75, 3.05) is 19.0 Å². The van der Waals surface area contributed by atoms with Crippen LogP contribution in [0.25, 0.3) is 0 Å². The normalized spacial score (nSPS) is 10.7. The summed E-state index contributed by atoms with van der Waals surface area (Å²) in [5.41, 5.74) is 3.30. The van der Waals surface area contributed by atoms with Crippen molar-refractivity contribution in [3.63, 3.8) is 0 Å². The number of aryl methyl sites for hydroxylation is 1. The van der Waals surface area contributed by atoms with Gasteiger partial charge in [-0.3, -0.25) is 0 Å². The van der Waals surface area contributed by atoms with Gasteiger partial charge in [-0.25, -0.2) is 0 Å². The van der Waals surface area contributed by atoms with Crippen LogP contribution in [0.15, 0.2) is 46.2 Å². The smallest absolute Gasteiger partial charge is 0.0693 e. The first kappa shape index (κ1) is 15.2. The van der Waals surface area contributed by atoms with Gasteiger partial charge in [-0.15, -0.1) is 0 Å². The molecule has 0 aromatic heterocycles. The Hall–Kier alpha value is -1.16. The molecule has 0 amide bonds. The minimum Gasteiger partial charge on any atom is -0.392 e. The Kier molecular flexibility index (Phi) is 4.97. The number of halogens is 1. The average Bonchev–Trinajstić information content (AvgIpc) is 2.40. The molecular formula is C16H18ClNOS. The number of aliphatic hydroxyl groups excluding tert-OH is 1. The third-order valence-corrected chi connectivity index (χ3v) is 4.46. The summed E-state index contributed by atoms with van der Waals surface area (Å²) in [6.07, 6.45) is 0. The van der Waals surface area contributed by atoms with Gasteiger partial charge in [-0.1, -0.05) is 35.5 Å². The summed E-state index contributed by atoms with van der Waals surface area (Å²) in [5.74, 6) is 0. The Balaban J connectivity index is 2.43. The predicted octanol–water partition coefficient (Wildman–Crippen LogP) is 4.36. The molecule has 0 radical (unpaired) electrons. The second kappa shape index (κ2) is 6.53. The van der Waals surface area contributed by atoms with Gasteiger partial charge in [0, 0.05) is 28.9 Å². The molecule has 4 heteroatoms. The van der Waals surface area contributed by atoms with Crippen LogP contribution in [-0.4, -0.2) is 19.2 Å². The van der Waals surface area contributed by atoms with Crippen LogP contribution in [0.2, 0.25) is 5.02 Å². The van der Waals surface area contributed by atoms with Crippen LogP contribution < -0.4 is 4.90 Å². The highest BCUT2D eigenvalue weighted by atomic mass is 35.5. The fourth-order valence-electron chi connectivity index (χ4n) is 2.18.